The lowest BCUT2D eigenvalue weighted by Gasteiger charge is -2.27. The Morgan fingerprint density at radius 3 is 3.18 bits per heavy atom. The number of nitrogens with zero attached hydrogens (tertiary/aromatic N) is 2. The molecule has 1 atom stereocenters. The zero-order valence-corrected chi connectivity index (χ0v) is 11.5. The maximum absolute atomic E-state index is 4.55. The molecule has 1 N–H and O–H groups in total. The van der Waals surface area contributed by atoms with Gasteiger partial charge in [0.25, 0.3) is 0 Å². The van der Waals surface area contributed by atoms with Crippen molar-refractivity contribution in [3.8, 4) is 0 Å². The van der Waals surface area contributed by atoms with Crippen molar-refractivity contribution in [3.05, 3.63) is 23.9 Å². The molecule has 17 heavy (non-hydrogen) atoms. The van der Waals surface area contributed by atoms with Crippen molar-refractivity contribution in [2.24, 2.45) is 0 Å². The monoisotopic (exact) mass is 251 g/mol. The van der Waals surface area contributed by atoms with Gasteiger partial charge in [-0.1, -0.05) is 13.0 Å². The highest BCUT2D eigenvalue weighted by atomic mass is 32.2. The number of hydrogen-bond acceptors (Lipinski definition) is 4. The van der Waals surface area contributed by atoms with Gasteiger partial charge in [0.2, 0.25) is 0 Å². The van der Waals surface area contributed by atoms with Crippen molar-refractivity contribution in [2.75, 3.05) is 30.0 Å². The van der Waals surface area contributed by atoms with Gasteiger partial charge in [0.1, 0.15) is 5.82 Å². The van der Waals surface area contributed by atoms with Crippen LogP contribution in [0.1, 0.15) is 18.9 Å². The second-order valence-electron chi connectivity index (χ2n) is 4.39. The minimum absolute atomic E-state index is 0.648. The van der Waals surface area contributed by atoms with Gasteiger partial charge >= 0.3 is 0 Å². The average molecular weight is 251 g/mol. The van der Waals surface area contributed by atoms with Crippen LogP contribution in [-0.4, -0.2) is 36.1 Å². The Labute approximate surface area is 108 Å². The Bertz CT molecular complexity index is 350. The summed E-state index contributed by atoms with van der Waals surface area (Å²) in [6.45, 7) is 4.04. The zero-order valence-electron chi connectivity index (χ0n) is 10.6. The van der Waals surface area contributed by atoms with Gasteiger partial charge in [-0.15, -0.1) is 0 Å². The van der Waals surface area contributed by atoms with E-state index in [1.807, 2.05) is 24.0 Å². The fourth-order valence-corrected chi connectivity index (χ4v) is 3.41. The standard InChI is InChI=1S/C13H21N3S/c1-3-14-9-11-5-4-7-15-13(11)16(2)12-6-8-17-10-12/h4-5,7,12,14H,3,6,8-10H2,1-2H3. The molecule has 1 aromatic heterocycles. The van der Waals surface area contributed by atoms with Crippen molar-refractivity contribution < 1.29 is 0 Å². The van der Waals surface area contributed by atoms with Gasteiger partial charge in [0, 0.05) is 37.1 Å². The minimum Gasteiger partial charge on any atom is -0.356 e. The third-order valence-corrected chi connectivity index (χ3v) is 4.37. The van der Waals surface area contributed by atoms with Crippen LogP contribution in [0.15, 0.2) is 18.3 Å². The van der Waals surface area contributed by atoms with E-state index in [-0.39, 0.29) is 0 Å². The number of thioether (sulfide) groups is 1. The van der Waals surface area contributed by atoms with E-state index in [9.17, 15) is 0 Å². The van der Waals surface area contributed by atoms with E-state index in [1.54, 1.807) is 0 Å². The summed E-state index contributed by atoms with van der Waals surface area (Å²) in [6.07, 6.45) is 3.17. The smallest absolute Gasteiger partial charge is 0.133 e. The summed E-state index contributed by atoms with van der Waals surface area (Å²) in [5, 5.41) is 3.38. The minimum atomic E-state index is 0.648. The predicted octanol–water partition coefficient (Wildman–Crippen LogP) is 2.13. The second kappa shape index (κ2) is 6.26. The van der Waals surface area contributed by atoms with Crippen LogP contribution < -0.4 is 10.2 Å². The van der Waals surface area contributed by atoms with Gasteiger partial charge < -0.3 is 10.2 Å². The molecular weight excluding hydrogens is 230 g/mol. The molecule has 94 valence electrons. The summed E-state index contributed by atoms with van der Waals surface area (Å²) >= 11 is 2.04. The first-order valence-electron chi connectivity index (χ1n) is 6.28. The van der Waals surface area contributed by atoms with Crippen LogP contribution in [0.3, 0.4) is 0 Å². The van der Waals surface area contributed by atoms with E-state index >= 15 is 0 Å². The predicted molar refractivity (Wildman–Crippen MR) is 75.8 cm³/mol. The number of rotatable bonds is 5. The molecule has 0 aliphatic carbocycles. The maximum Gasteiger partial charge on any atom is 0.133 e. The van der Waals surface area contributed by atoms with Gasteiger partial charge in [0.05, 0.1) is 0 Å². The molecule has 1 fully saturated rings. The highest BCUT2D eigenvalue weighted by Gasteiger charge is 2.22. The topological polar surface area (TPSA) is 28.2 Å². The van der Waals surface area contributed by atoms with Gasteiger partial charge in [-0.3, -0.25) is 0 Å². The van der Waals surface area contributed by atoms with Crippen molar-refractivity contribution in [2.45, 2.75) is 25.9 Å². The average Bonchev–Trinajstić information content (AvgIpc) is 2.89. The van der Waals surface area contributed by atoms with Crippen LogP contribution >= 0.6 is 11.8 Å². The molecule has 0 bridgehead atoms. The SMILES string of the molecule is CCNCc1cccnc1N(C)C1CCSC1. The number of anilines is 1. The highest BCUT2D eigenvalue weighted by Crippen LogP contribution is 2.26. The van der Waals surface area contributed by atoms with Crippen LogP contribution in [0, 0.1) is 0 Å². The molecule has 2 rings (SSSR count). The van der Waals surface area contributed by atoms with Crippen molar-refractivity contribution >= 4 is 17.6 Å². The fourth-order valence-electron chi connectivity index (χ4n) is 2.15. The van der Waals surface area contributed by atoms with Crippen LogP contribution in [0.5, 0.6) is 0 Å². The number of pyridine rings is 1. The first-order chi connectivity index (χ1) is 8.33. The lowest BCUT2D eigenvalue weighted by atomic mass is 10.2. The quantitative estimate of drug-likeness (QED) is 0.868. The normalized spacial score (nSPS) is 19.5. The van der Waals surface area contributed by atoms with E-state index in [2.05, 4.69) is 35.2 Å². The van der Waals surface area contributed by atoms with Gasteiger partial charge in [-0.05, 0) is 24.8 Å². The Morgan fingerprint density at radius 2 is 2.47 bits per heavy atom. The van der Waals surface area contributed by atoms with Crippen molar-refractivity contribution in [1.29, 1.82) is 0 Å². The van der Waals surface area contributed by atoms with Gasteiger partial charge in [-0.25, -0.2) is 4.98 Å². The first kappa shape index (κ1) is 12.7. The molecule has 1 aromatic rings. The molecule has 1 aliphatic heterocycles. The summed E-state index contributed by atoms with van der Waals surface area (Å²) in [4.78, 5) is 6.91. The van der Waals surface area contributed by atoms with Crippen LogP contribution in [0.4, 0.5) is 5.82 Å². The molecule has 1 saturated heterocycles. The zero-order chi connectivity index (χ0) is 12.1. The molecule has 0 spiro atoms. The molecule has 2 heterocycles. The fraction of sp³-hybridized carbons (Fsp3) is 0.615. The van der Waals surface area contributed by atoms with Crippen molar-refractivity contribution in [1.82, 2.24) is 10.3 Å². The van der Waals surface area contributed by atoms with E-state index in [0.29, 0.717) is 6.04 Å². The van der Waals surface area contributed by atoms with E-state index in [1.165, 1.54) is 23.5 Å². The highest BCUT2D eigenvalue weighted by molar-refractivity contribution is 7.99. The van der Waals surface area contributed by atoms with E-state index in [0.717, 1.165) is 18.9 Å². The largest absolute Gasteiger partial charge is 0.356 e. The Kier molecular flexibility index (Phi) is 4.68. The third kappa shape index (κ3) is 3.13. The van der Waals surface area contributed by atoms with Gasteiger partial charge in [-0.2, -0.15) is 11.8 Å². The third-order valence-electron chi connectivity index (χ3n) is 3.22. The molecule has 0 amide bonds. The van der Waals surface area contributed by atoms with Crippen molar-refractivity contribution in [3.63, 3.8) is 0 Å². The summed E-state index contributed by atoms with van der Waals surface area (Å²) < 4.78 is 0. The summed E-state index contributed by atoms with van der Waals surface area (Å²) in [5.74, 6) is 3.65. The summed E-state index contributed by atoms with van der Waals surface area (Å²) in [5.41, 5.74) is 1.30. The molecule has 1 unspecified atom stereocenters. The first-order valence-corrected chi connectivity index (χ1v) is 7.43. The lowest BCUT2D eigenvalue weighted by molar-refractivity contribution is 0.674. The Hall–Kier alpha value is -0.740. The molecule has 4 heteroatoms. The Balaban J connectivity index is 2.12. The van der Waals surface area contributed by atoms with E-state index < -0.39 is 0 Å². The number of nitrogens with one attached hydrogen (secondary N) is 1. The maximum atomic E-state index is 4.55. The molecule has 0 radical (unpaired) electrons. The summed E-state index contributed by atoms with van der Waals surface area (Å²) in [6, 6.07) is 4.84. The number of hydrogen-bond donors (Lipinski definition) is 1. The van der Waals surface area contributed by atoms with Crippen LogP contribution in [0.2, 0.25) is 0 Å². The molecule has 0 saturated carbocycles. The molecule has 0 aromatic carbocycles. The van der Waals surface area contributed by atoms with Crippen LogP contribution in [0.25, 0.3) is 0 Å². The second-order valence-corrected chi connectivity index (χ2v) is 5.54. The molecule has 3 nitrogen and oxygen atoms in total. The number of aromatic nitrogens is 1. The lowest BCUT2D eigenvalue weighted by Crippen LogP contribution is -2.33. The summed E-state index contributed by atoms with van der Waals surface area (Å²) in [7, 11) is 2.17. The van der Waals surface area contributed by atoms with E-state index in [4.69, 9.17) is 0 Å². The Morgan fingerprint density at radius 1 is 1.59 bits per heavy atom. The molecule has 1 aliphatic rings. The van der Waals surface area contributed by atoms with Gasteiger partial charge in [0.15, 0.2) is 0 Å². The molecular formula is C13H21N3S. The van der Waals surface area contributed by atoms with Crippen LogP contribution in [-0.2, 0) is 6.54 Å².